The maximum atomic E-state index is 11.8. The third kappa shape index (κ3) is 4.88. The smallest absolute Gasteiger partial charge is 0.248 e. The molecule has 162 valence electrons. The minimum atomic E-state index is 0.0152. The summed E-state index contributed by atoms with van der Waals surface area (Å²) in [7, 11) is 1.82. The molecule has 7 nitrogen and oxygen atoms in total. The fourth-order valence-corrected chi connectivity index (χ4v) is 3.56. The van der Waals surface area contributed by atoms with Crippen LogP contribution in [0.2, 0.25) is 0 Å². The maximum Gasteiger partial charge on any atom is 0.248 e. The van der Waals surface area contributed by atoms with Crippen LogP contribution >= 0.6 is 0 Å². The van der Waals surface area contributed by atoms with E-state index >= 15 is 0 Å². The van der Waals surface area contributed by atoms with Crippen molar-refractivity contribution in [2.45, 2.75) is 19.4 Å². The normalized spacial score (nSPS) is 15.8. The molecular formula is C25H24N4O3. The first-order chi connectivity index (χ1) is 15.5. The molecule has 1 unspecified atom stereocenters. The molecule has 0 spiro atoms. The molecule has 7 heteroatoms. The van der Waals surface area contributed by atoms with Crippen molar-refractivity contribution in [3.05, 3.63) is 77.5 Å². The average Bonchev–Trinajstić information content (AvgIpc) is 2.80. The van der Waals surface area contributed by atoms with Crippen molar-refractivity contribution >= 4 is 17.4 Å². The van der Waals surface area contributed by atoms with E-state index < -0.39 is 0 Å². The zero-order valence-electron chi connectivity index (χ0n) is 18.0. The van der Waals surface area contributed by atoms with Crippen LogP contribution in [0, 0.1) is 18.3 Å². The zero-order chi connectivity index (χ0) is 22.5. The highest BCUT2D eigenvalue weighted by Crippen LogP contribution is 2.28. The van der Waals surface area contributed by atoms with Gasteiger partial charge in [0.15, 0.2) is 0 Å². The van der Waals surface area contributed by atoms with Gasteiger partial charge >= 0.3 is 0 Å². The van der Waals surface area contributed by atoms with Crippen LogP contribution in [0.3, 0.4) is 0 Å². The Morgan fingerprint density at radius 2 is 2.00 bits per heavy atom. The number of nitrogens with zero attached hydrogens (tertiary/aromatic N) is 3. The summed E-state index contributed by atoms with van der Waals surface area (Å²) >= 11 is 0. The maximum absolute atomic E-state index is 11.8. The number of morpholine rings is 1. The van der Waals surface area contributed by atoms with Gasteiger partial charge in [0.25, 0.3) is 0 Å². The number of nitrogens with one attached hydrogen (secondary N) is 1. The Hall–Kier alpha value is -3.89. The Bertz CT molecular complexity index is 1150. The van der Waals surface area contributed by atoms with E-state index in [0.29, 0.717) is 23.7 Å². The van der Waals surface area contributed by atoms with Crippen LogP contribution in [-0.2, 0) is 16.0 Å². The van der Waals surface area contributed by atoms with Gasteiger partial charge in [-0.3, -0.25) is 4.79 Å². The van der Waals surface area contributed by atoms with E-state index in [0.717, 1.165) is 29.0 Å². The lowest BCUT2D eigenvalue weighted by Gasteiger charge is -2.32. The van der Waals surface area contributed by atoms with E-state index in [1.54, 1.807) is 23.2 Å². The molecule has 0 saturated carbocycles. The molecule has 4 rings (SSSR count). The number of amides is 1. The third-order valence-corrected chi connectivity index (χ3v) is 5.49. The molecule has 32 heavy (non-hydrogen) atoms. The number of aryl methyl sites for hydroxylation is 1. The highest BCUT2D eigenvalue weighted by atomic mass is 16.5. The molecule has 2 aromatic carbocycles. The Kier molecular flexibility index (Phi) is 6.34. The Morgan fingerprint density at radius 3 is 2.75 bits per heavy atom. The number of likely N-dealkylation sites (N-methyl/N-ethyl adjacent to an activating group) is 1. The lowest BCUT2D eigenvalue weighted by atomic mass is 10.0. The number of carbonyl (C=O) groups excluding carboxylic acids is 1. The van der Waals surface area contributed by atoms with Crippen molar-refractivity contribution in [1.82, 2.24) is 9.88 Å². The summed E-state index contributed by atoms with van der Waals surface area (Å²) in [4.78, 5) is 17.8. The first-order valence-electron chi connectivity index (χ1n) is 10.4. The lowest BCUT2D eigenvalue weighted by Crippen LogP contribution is -2.47. The van der Waals surface area contributed by atoms with Crippen molar-refractivity contribution in [1.29, 1.82) is 5.26 Å². The van der Waals surface area contributed by atoms with E-state index in [9.17, 15) is 10.1 Å². The standard InChI is InChI=1S/C25H24N4O3/c1-17-12-22(9-10-23(17)28-25-19(14-26)4-3-11-27-25)32-21-7-5-18(6-8-21)13-20-15-31-16-24(30)29(20)2/h3-12,20H,13,15-16H2,1-2H3,(H,27,28). The lowest BCUT2D eigenvalue weighted by molar-refractivity contribution is -0.145. The highest BCUT2D eigenvalue weighted by Gasteiger charge is 2.25. The summed E-state index contributed by atoms with van der Waals surface area (Å²) in [5.74, 6) is 1.99. The third-order valence-electron chi connectivity index (χ3n) is 5.49. The summed E-state index contributed by atoms with van der Waals surface area (Å²) in [5.41, 5.74) is 3.43. The molecular weight excluding hydrogens is 404 g/mol. The topological polar surface area (TPSA) is 87.5 Å². The molecule has 3 aromatic rings. The largest absolute Gasteiger partial charge is 0.457 e. The summed E-state index contributed by atoms with van der Waals surface area (Å²) in [6, 6.07) is 19.2. The zero-order valence-corrected chi connectivity index (χ0v) is 18.0. The first-order valence-corrected chi connectivity index (χ1v) is 10.4. The number of aromatic nitrogens is 1. The van der Waals surface area contributed by atoms with Crippen LogP contribution in [-0.4, -0.2) is 42.1 Å². The van der Waals surface area contributed by atoms with Gasteiger partial charge < -0.3 is 19.7 Å². The Labute approximate surface area is 187 Å². The monoisotopic (exact) mass is 428 g/mol. The van der Waals surface area contributed by atoms with Crippen LogP contribution < -0.4 is 10.1 Å². The minimum Gasteiger partial charge on any atom is -0.457 e. The Balaban J connectivity index is 1.40. The SMILES string of the molecule is Cc1cc(Oc2ccc(CC3COCC(=O)N3C)cc2)ccc1Nc1ncccc1C#N. The Morgan fingerprint density at radius 1 is 1.22 bits per heavy atom. The van der Waals surface area contributed by atoms with Crippen LogP contribution in [0.15, 0.2) is 60.8 Å². The summed E-state index contributed by atoms with van der Waals surface area (Å²) in [5, 5.41) is 12.4. The number of hydrogen-bond donors (Lipinski definition) is 1. The molecule has 1 aliphatic heterocycles. The van der Waals surface area contributed by atoms with E-state index in [-0.39, 0.29) is 18.6 Å². The van der Waals surface area contributed by atoms with Crippen LogP contribution in [0.1, 0.15) is 16.7 Å². The van der Waals surface area contributed by atoms with Crippen molar-refractivity contribution < 1.29 is 14.3 Å². The number of carbonyl (C=O) groups is 1. The highest BCUT2D eigenvalue weighted by molar-refractivity contribution is 5.78. The van der Waals surface area contributed by atoms with Crippen molar-refractivity contribution in [2.75, 3.05) is 25.6 Å². The van der Waals surface area contributed by atoms with Gasteiger partial charge in [0.2, 0.25) is 5.91 Å². The molecule has 0 aliphatic carbocycles. The number of benzene rings is 2. The van der Waals surface area contributed by atoms with E-state index in [2.05, 4.69) is 16.4 Å². The van der Waals surface area contributed by atoms with E-state index in [4.69, 9.17) is 9.47 Å². The number of ether oxygens (including phenoxy) is 2. The fourth-order valence-electron chi connectivity index (χ4n) is 3.56. The molecule has 0 bridgehead atoms. The predicted molar refractivity (Wildman–Crippen MR) is 121 cm³/mol. The van der Waals surface area contributed by atoms with Gasteiger partial charge in [-0.1, -0.05) is 12.1 Å². The van der Waals surface area contributed by atoms with Gasteiger partial charge in [-0.25, -0.2) is 4.98 Å². The first kappa shape index (κ1) is 21.3. The number of nitriles is 1. The van der Waals surface area contributed by atoms with E-state index in [1.807, 2.05) is 56.4 Å². The van der Waals surface area contributed by atoms with Gasteiger partial charge in [-0.15, -0.1) is 0 Å². The molecule has 1 N–H and O–H groups in total. The molecule has 1 saturated heterocycles. The second kappa shape index (κ2) is 9.50. The van der Waals surface area contributed by atoms with Gasteiger partial charge in [0.05, 0.1) is 18.2 Å². The molecule has 1 amide bonds. The molecule has 2 heterocycles. The minimum absolute atomic E-state index is 0.0152. The molecule has 1 atom stereocenters. The summed E-state index contributed by atoms with van der Waals surface area (Å²) in [6.07, 6.45) is 2.39. The number of hydrogen-bond acceptors (Lipinski definition) is 6. The van der Waals surface area contributed by atoms with Gasteiger partial charge in [0, 0.05) is 18.9 Å². The van der Waals surface area contributed by atoms with Crippen LogP contribution in [0.4, 0.5) is 11.5 Å². The van der Waals surface area contributed by atoms with Gasteiger partial charge in [-0.05, 0) is 66.9 Å². The van der Waals surface area contributed by atoms with E-state index in [1.165, 1.54) is 0 Å². The average molecular weight is 428 g/mol. The second-order valence-electron chi connectivity index (χ2n) is 7.74. The predicted octanol–water partition coefficient (Wildman–Crippen LogP) is 4.20. The number of anilines is 2. The quantitative estimate of drug-likeness (QED) is 0.633. The summed E-state index contributed by atoms with van der Waals surface area (Å²) in [6.45, 7) is 2.68. The van der Waals surface area contributed by atoms with Crippen LogP contribution in [0.5, 0.6) is 11.5 Å². The summed E-state index contributed by atoms with van der Waals surface area (Å²) < 4.78 is 11.4. The van der Waals surface area contributed by atoms with Gasteiger partial charge in [-0.2, -0.15) is 5.26 Å². The fraction of sp³-hybridized carbons (Fsp3) is 0.240. The number of rotatable bonds is 6. The van der Waals surface area contributed by atoms with Crippen LogP contribution in [0.25, 0.3) is 0 Å². The van der Waals surface area contributed by atoms with Gasteiger partial charge in [0.1, 0.15) is 30.0 Å². The molecule has 1 aromatic heterocycles. The molecule has 1 aliphatic rings. The van der Waals surface area contributed by atoms with Crippen molar-refractivity contribution in [3.63, 3.8) is 0 Å². The molecule has 0 radical (unpaired) electrons. The van der Waals surface area contributed by atoms with Crippen molar-refractivity contribution in [2.24, 2.45) is 0 Å². The molecule has 1 fully saturated rings. The number of pyridine rings is 1. The second-order valence-corrected chi connectivity index (χ2v) is 7.74. The van der Waals surface area contributed by atoms with Crippen molar-refractivity contribution in [3.8, 4) is 17.6 Å².